The summed E-state index contributed by atoms with van der Waals surface area (Å²) >= 11 is 0. The van der Waals surface area contributed by atoms with Crippen LogP contribution in [0.4, 0.5) is 0 Å². The summed E-state index contributed by atoms with van der Waals surface area (Å²) in [5.74, 6) is -0.457. The molecule has 0 aliphatic carbocycles. The molecule has 1 heterocycles. The Bertz CT molecular complexity index is 499. The van der Waals surface area contributed by atoms with Crippen LogP contribution in [0, 0.1) is 0 Å². The Labute approximate surface area is 112 Å². The number of hydrogen-bond donors (Lipinski definition) is 1. The minimum atomic E-state index is -0.378. The van der Waals surface area contributed by atoms with Crippen molar-refractivity contribution < 1.29 is 14.3 Å². The zero-order chi connectivity index (χ0) is 14.3. The van der Waals surface area contributed by atoms with Gasteiger partial charge in [0, 0.05) is 38.1 Å². The van der Waals surface area contributed by atoms with E-state index in [0.29, 0.717) is 6.61 Å². The topological polar surface area (TPSA) is 62.4 Å². The molecule has 5 heteroatoms. The number of H-pyrrole nitrogens is 1. The Morgan fingerprint density at radius 1 is 1.32 bits per heavy atom. The van der Waals surface area contributed by atoms with Gasteiger partial charge in [0.25, 0.3) is 0 Å². The highest BCUT2D eigenvalue weighted by molar-refractivity contribution is 5.91. The smallest absolute Gasteiger partial charge is 0.330 e. The van der Waals surface area contributed by atoms with Crippen molar-refractivity contribution >= 4 is 24.0 Å². The van der Waals surface area contributed by atoms with Gasteiger partial charge in [-0.2, -0.15) is 0 Å². The van der Waals surface area contributed by atoms with Crippen LogP contribution in [0.15, 0.2) is 24.4 Å². The molecule has 0 radical (unpaired) electrons. The van der Waals surface area contributed by atoms with Gasteiger partial charge >= 0.3 is 5.97 Å². The molecule has 5 nitrogen and oxygen atoms in total. The number of esters is 1. The lowest BCUT2D eigenvalue weighted by Gasteiger charge is -2.04. The summed E-state index contributed by atoms with van der Waals surface area (Å²) in [6.07, 6.45) is 7.93. The average molecular weight is 262 g/mol. The van der Waals surface area contributed by atoms with Crippen molar-refractivity contribution in [3.8, 4) is 0 Å². The standard InChI is InChI=1S/C14H18N2O3/c1-4-19-14(18)8-6-12-9-11(10-15-12)5-7-13(17)16(2)3/h5-10,15H,4H2,1-3H3/b7-5+,8-6+. The van der Waals surface area contributed by atoms with E-state index in [9.17, 15) is 9.59 Å². The summed E-state index contributed by atoms with van der Waals surface area (Å²) in [5.41, 5.74) is 1.63. The van der Waals surface area contributed by atoms with Crippen LogP contribution in [-0.4, -0.2) is 42.5 Å². The minimum absolute atomic E-state index is 0.0789. The zero-order valence-corrected chi connectivity index (χ0v) is 11.3. The molecule has 0 saturated carbocycles. The molecule has 0 unspecified atom stereocenters. The Morgan fingerprint density at radius 2 is 2.05 bits per heavy atom. The molecular formula is C14H18N2O3. The molecule has 0 aliphatic heterocycles. The van der Waals surface area contributed by atoms with Crippen LogP contribution in [-0.2, 0) is 14.3 Å². The highest BCUT2D eigenvalue weighted by atomic mass is 16.5. The van der Waals surface area contributed by atoms with Gasteiger partial charge in [0.1, 0.15) is 0 Å². The van der Waals surface area contributed by atoms with E-state index in [0.717, 1.165) is 11.3 Å². The fraction of sp³-hybridized carbons (Fsp3) is 0.286. The summed E-state index contributed by atoms with van der Waals surface area (Å²) in [6.45, 7) is 2.11. The SMILES string of the molecule is CCOC(=O)/C=C/c1cc(/C=C/C(=O)N(C)C)c[nH]1. The zero-order valence-electron chi connectivity index (χ0n) is 11.3. The first-order valence-corrected chi connectivity index (χ1v) is 5.95. The molecule has 102 valence electrons. The lowest BCUT2D eigenvalue weighted by atomic mass is 10.2. The number of rotatable bonds is 5. The van der Waals surface area contributed by atoms with E-state index in [-0.39, 0.29) is 11.9 Å². The van der Waals surface area contributed by atoms with Gasteiger partial charge in [-0.3, -0.25) is 4.79 Å². The third-order valence-electron chi connectivity index (χ3n) is 2.27. The van der Waals surface area contributed by atoms with E-state index in [2.05, 4.69) is 4.98 Å². The minimum Gasteiger partial charge on any atom is -0.463 e. The second-order valence-corrected chi connectivity index (χ2v) is 4.04. The van der Waals surface area contributed by atoms with Crippen LogP contribution in [0.25, 0.3) is 12.2 Å². The predicted molar refractivity (Wildman–Crippen MR) is 74.2 cm³/mol. The number of hydrogen-bond acceptors (Lipinski definition) is 3. The quantitative estimate of drug-likeness (QED) is 0.649. The number of nitrogens with one attached hydrogen (secondary N) is 1. The molecule has 0 bridgehead atoms. The van der Waals surface area contributed by atoms with Gasteiger partial charge in [0.05, 0.1) is 6.61 Å². The summed E-state index contributed by atoms with van der Waals surface area (Å²) in [4.78, 5) is 27.0. The highest BCUT2D eigenvalue weighted by Crippen LogP contribution is 2.07. The molecule has 1 N–H and O–H groups in total. The lowest BCUT2D eigenvalue weighted by molar-refractivity contribution is -0.137. The van der Waals surface area contributed by atoms with Gasteiger partial charge < -0.3 is 14.6 Å². The fourth-order valence-electron chi connectivity index (χ4n) is 1.29. The van der Waals surface area contributed by atoms with Gasteiger partial charge in [-0.25, -0.2) is 4.79 Å². The number of amides is 1. The molecule has 0 atom stereocenters. The lowest BCUT2D eigenvalue weighted by Crippen LogP contribution is -2.18. The van der Waals surface area contributed by atoms with E-state index in [1.165, 1.54) is 17.1 Å². The van der Waals surface area contributed by atoms with Crippen molar-refractivity contribution in [2.75, 3.05) is 20.7 Å². The van der Waals surface area contributed by atoms with E-state index in [1.807, 2.05) is 6.07 Å². The molecule has 1 rings (SSSR count). The first-order valence-electron chi connectivity index (χ1n) is 5.95. The van der Waals surface area contributed by atoms with Gasteiger partial charge in [0.2, 0.25) is 5.91 Å². The largest absolute Gasteiger partial charge is 0.463 e. The maximum atomic E-state index is 11.4. The van der Waals surface area contributed by atoms with Crippen LogP contribution >= 0.6 is 0 Å². The Balaban J connectivity index is 2.62. The van der Waals surface area contributed by atoms with Crippen molar-refractivity contribution in [1.29, 1.82) is 0 Å². The first-order chi connectivity index (χ1) is 9.02. The monoisotopic (exact) mass is 262 g/mol. The van der Waals surface area contributed by atoms with Crippen molar-refractivity contribution in [2.24, 2.45) is 0 Å². The Kier molecular flexibility index (Phi) is 5.60. The molecule has 0 fully saturated rings. The second kappa shape index (κ2) is 7.20. The maximum Gasteiger partial charge on any atom is 0.330 e. The molecule has 1 amide bonds. The van der Waals surface area contributed by atoms with Crippen LogP contribution in [0.5, 0.6) is 0 Å². The van der Waals surface area contributed by atoms with Gasteiger partial charge in [-0.1, -0.05) is 0 Å². The van der Waals surface area contributed by atoms with E-state index in [4.69, 9.17) is 4.74 Å². The number of aromatic nitrogens is 1. The Morgan fingerprint density at radius 3 is 2.68 bits per heavy atom. The summed E-state index contributed by atoms with van der Waals surface area (Å²) in [6, 6.07) is 1.83. The fourth-order valence-corrected chi connectivity index (χ4v) is 1.29. The van der Waals surface area contributed by atoms with Crippen molar-refractivity contribution in [2.45, 2.75) is 6.92 Å². The normalized spacial score (nSPS) is 11.1. The van der Waals surface area contributed by atoms with Crippen LogP contribution in [0.2, 0.25) is 0 Å². The van der Waals surface area contributed by atoms with Crippen LogP contribution in [0.3, 0.4) is 0 Å². The third kappa shape index (κ3) is 5.25. The van der Waals surface area contributed by atoms with Crippen LogP contribution in [0.1, 0.15) is 18.2 Å². The molecule has 0 aliphatic rings. The van der Waals surface area contributed by atoms with Crippen molar-refractivity contribution in [3.05, 3.63) is 35.7 Å². The molecule has 0 aromatic carbocycles. The third-order valence-corrected chi connectivity index (χ3v) is 2.27. The Hall–Kier alpha value is -2.30. The van der Waals surface area contributed by atoms with E-state index < -0.39 is 0 Å². The number of carbonyl (C=O) groups excluding carboxylic acids is 2. The highest BCUT2D eigenvalue weighted by Gasteiger charge is 1.99. The number of ether oxygens (including phenoxy) is 1. The first kappa shape index (κ1) is 14.8. The molecule has 0 saturated heterocycles. The molecule has 1 aromatic rings. The molecule has 19 heavy (non-hydrogen) atoms. The van der Waals surface area contributed by atoms with Crippen LogP contribution < -0.4 is 0 Å². The predicted octanol–water partition coefficient (Wildman–Crippen LogP) is 1.69. The summed E-state index contributed by atoms with van der Waals surface area (Å²) in [5, 5.41) is 0. The maximum absolute atomic E-state index is 11.4. The number of carbonyl (C=O) groups is 2. The van der Waals surface area contributed by atoms with Gasteiger partial charge in [0.15, 0.2) is 0 Å². The van der Waals surface area contributed by atoms with E-state index >= 15 is 0 Å². The van der Waals surface area contributed by atoms with Crippen molar-refractivity contribution in [3.63, 3.8) is 0 Å². The summed E-state index contributed by atoms with van der Waals surface area (Å²) in [7, 11) is 3.38. The van der Waals surface area contributed by atoms with Gasteiger partial charge in [-0.05, 0) is 30.7 Å². The molecule has 1 aromatic heterocycles. The number of nitrogens with zero attached hydrogens (tertiary/aromatic N) is 1. The molecular weight excluding hydrogens is 244 g/mol. The van der Waals surface area contributed by atoms with Crippen molar-refractivity contribution in [1.82, 2.24) is 9.88 Å². The second-order valence-electron chi connectivity index (χ2n) is 4.04. The number of likely N-dealkylation sites (N-methyl/N-ethyl adjacent to an activating group) is 1. The average Bonchev–Trinajstić information content (AvgIpc) is 2.81. The molecule has 0 spiro atoms. The number of aromatic amines is 1. The summed E-state index contributed by atoms with van der Waals surface area (Å²) < 4.78 is 4.77. The van der Waals surface area contributed by atoms with Gasteiger partial charge in [-0.15, -0.1) is 0 Å². The van der Waals surface area contributed by atoms with E-state index in [1.54, 1.807) is 39.4 Å².